The number of H-pyrrole nitrogens is 3. The Kier molecular flexibility index (Phi) is 8.96. The molecule has 1 atom stereocenters. The third-order valence-corrected chi connectivity index (χ3v) is 9.74. The number of nitrogens with zero attached hydrogens (tertiary/aromatic N) is 2. The van der Waals surface area contributed by atoms with Crippen LogP contribution < -0.4 is 22.1 Å². The molecule has 240 valence electrons. The molecule has 0 bridgehead atoms. The molecule has 2 heterocycles. The molecular formula is C34H37Cl2N7O3. The van der Waals surface area contributed by atoms with Gasteiger partial charge in [0.05, 0.1) is 27.1 Å². The number of hydrogen-bond donors (Lipinski definition) is 5. The van der Waals surface area contributed by atoms with Crippen molar-refractivity contribution < 1.29 is 9.59 Å². The Morgan fingerprint density at radius 2 is 1.63 bits per heavy atom. The number of primary amides is 1. The monoisotopic (exact) mass is 661 g/mol. The van der Waals surface area contributed by atoms with Crippen molar-refractivity contribution in [3.05, 3.63) is 81.5 Å². The van der Waals surface area contributed by atoms with Gasteiger partial charge in [-0.15, -0.1) is 12.4 Å². The Bertz CT molecular complexity index is 1950. The molecule has 0 aliphatic heterocycles. The number of amides is 2. The quantitative estimate of drug-likeness (QED) is 0.139. The molecule has 0 unspecified atom stereocenters. The van der Waals surface area contributed by atoms with E-state index in [-0.39, 0.29) is 36.3 Å². The Hall–Kier alpha value is -4.12. The fraction of sp³-hybridized carbons (Fsp3) is 0.353. The molecule has 7 N–H and O–H groups in total. The molecule has 5 aromatic rings. The van der Waals surface area contributed by atoms with Gasteiger partial charge in [0.2, 0.25) is 11.8 Å². The number of carbonyl (C=O) groups excluding carboxylic acids is 2. The number of nitrogens with one attached hydrogen (secondary N) is 3. The maximum atomic E-state index is 14.2. The summed E-state index contributed by atoms with van der Waals surface area (Å²) in [6.45, 7) is 0.602. The highest BCUT2D eigenvalue weighted by atomic mass is 35.5. The van der Waals surface area contributed by atoms with E-state index in [0.717, 1.165) is 59.2 Å². The van der Waals surface area contributed by atoms with Gasteiger partial charge in [0.15, 0.2) is 0 Å². The van der Waals surface area contributed by atoms with Crippen molar-refractivity contribution in [2.45, 2.75) is 56.9 Å². The first-order valence-corrected chi connectivity index (χ1v) is 16.0. The van der Waals surface area contributed by atoms with Crippen LogP contribution in [-0.4, -0.2) is 44.3 Å². The van der Waals surface area contributed by atoms with Gasteiger partial charge in [-0.25, -0.2) is 9.78 Å². The van der Waals surface area contributed by atoms with Crippen LogP contribution in [0.15, 0.2) is 59.4 Å². The molecular weight excluding hydrogens is 625 g/mol. The van der Waals surface area contributed by atoms with Gasteiger partial charge in [-0.05, 0) is 92.4 Å². The van der Waals surface area contributed by atoms with E-state index in [1.807, 2.05) is 36.4 Å². The van der Waals surface area contributed by atoms with E-state index in [9.17, 15) is 14.4 Å². The van der Waals surface area contributed by atoms with E-state index in [1.54, 1.807) is 18.2 Å². The maximum Gasteiger partial charge on any atom is 0.323 e. The number of anilines is 1. The largest absolute Gasteiger partial charge is 0.368 e. The molecule has 2 aromatic heterocycles. The standard InChI is InChI=1S/C34H36ClN7O3.ClH/c35-25-16-29-28(38-32(39-29)21-9-10-21)15-24(25)20-5-1-18(2-6-20)13-30(31(37)43)42(33(44)22-7-3-19(17-36)4-8-22)23-11-12-26-27(14-23)41-34(45)40-26;/h1-2,5-6,11-12,14-16,19,21-22,30H,3-4,7-10,13,17,36H2,(H2,37,43)(H,38,39)(H2,40,41,45);1H/t19-,22-,30-;/m0./s1. The second-order valence-corrected chi connectivity index (χ2v) is 12.9. The SMILES string of the molecule is Cl.NC[C@H]1CC[C@H](C(=O)N(c2ccc3[nH]c(=O)[nH]c3c2)[C@@H](Cc2ccc(-c3cc4nc(C5CC5)[nH]c4cc3Cl)cc2)C(N)=O)CC1. The summed E-state index contributed by atoms with van der Waals surface area (Å²) >= 11 is 6.70. The zero-order chi connectivity index (χ0) is 31.2. The number of imidazole rings is 2. The Morgan fingerprint density at radius 1 is 0.913 bits per heavy atom. The minimum Gasteiger partial charge on any atom is -0.368 e. The molecule has 46 heavy (non-hydrogen) atoms. The van der Waals surface area contributed by atoms with Crippen LogP contribution in [0.3, 0.4) is 0 Å². The predicted octanol–water partition coefficient (Wildman–Crippen LogP) is 5.55. The van der Waals surface area contributed by atoms with Crippen molar-refractivity contribution in [2.75, 3.05) is 11.4 Å². The van der Waals surface area contributed by atoms with Crippen LogP contribution in [0.1, 0.15) is 55.8 Å². The highest BCUT2D eigenvalue weighted by Crippen LogP contribution is 2.40. The molecule has 7 rings (SSSR count). The molecule has 0 saturated heterocycles. The van der Waals surface area contributed by atoms with Crippen molar-refractivity contribution in [1.29, 1.82) is 0 Å². The first-order chi connectivity index (χ1) is 21.8. The van der Waals surface area contributed by atoms with Crippen molar-refractivity contribution in [2.24, 2.45) is 23.3 Å². The number of aromatic amines is 3. The number of halogens is 2. The minimum atomic E-state index is -0.941. The van der Waals surface area contributed by atoms with Crippen molar-refractivity contribution >= 4 is 63.6 Å². The van der Waals surface area contributed by atoms with Gasteiger partial charge in [-0.1, -0.05) is 35.9 Å². The van der Waals surface area contributed by atoms with Crippen LogP contribution in [0.4, 0.5) is 5.69 Å². The van der Waals surface area contributed by atoms with Crippen LogP contribution >= 0.6 is 24.0 Å². The third kappa shape index (κ3) is 6.29. The van der Waals surface area contributed by atoms with Crippen LogP contribution in [0, 0.1) is 11.8 Å². The van der Waals surface area contributed by atoms with Crippen molar-refractivity contribution in [3.8, 4) is 11.1 Å². The summed E-state index contributed by atoms with van der Waals surface area (Å²) in [5.41, 5.74) is 17.7. The zero-order valence-corrected chi connectivity index (χ0v) is 26.8. The van der Waals surface area contributed by atoms with Gasteiger partial charge in [-0.3, -0.25) is 14.5 Å². The number of benzene rings is 3. The van der Waals surface area contributed by atoms with E-state index >= 15 is 0 Å². The van der Waals surface area contributed by atoms with Gasteiger partial charge in [0.1, 0.15) is 11.9 Å². The predicted molar refractivity (Wildman–Crippen MR) is 183 cm³/mol. The second kappa shape index (κ2) is 12.9. The molecule has 0 radical (unpaired) electrons. The average Bonchev–Trinajstić information content (AvgIpc) is 3.70. The van der Waals surface area contributed by atoms with E-state index in [2.05, 4.69) is 15.0 Å². The molecule has 2 aliphatic carbocycles. The van der Waals surface area contributed by atoms with Gasteiger partial charge >= 0.3 is 5.69 Å². The molecule has 12 heteroatoms. The molecule has 2 aliphatic rings. The van der Waals surface area contributed by atoms with Crippen molar-refractivity contribution in [3.63, 3.8) is 0 Å². The smallest absolute Gasteiger partial charge is 0.323 e. The lowest BCUT2D eigenvalue weighted by atomic mass is 9.81. The fourth-order valence-electron chi connectivity index (χ4n) is 6.66. The summed E-state index contributed by atoms with van der Waals surface area (Å²) in [6, 6.07) is 16.0. The highest BCUT2D eigenvalue weighted by molar-refractivity contribution is 6.34. The summed E-state index contributed by atoms with van der Waals surface area (Å²) in [4.78, 5) is 54.4. The third-order valence-electron chi connectivity index (χ3n) is 9.43. The van der Waals surface area contributed by atoms with Crippen LogP contribution in [0.25, 0.3) is 33.2 Å². The van der Waals surface area contributed by atoms with Gasteiger partial charge < -0.3 is 26.4 Å². The van der Waals surface area contributed by atoms with E-state index in [4.69, 9.17) is 28.1 Å². The Balaban J connectivity index is 0.00000372. The highest BCUT2D eigenvalue weighted by Gasteiger charge is 2.36. The molecule has 2 amide bonds. The van der Waals surface area contributed by atoms with Gasteiger partial charge in [0, 0.05) is 29.5 Å². The first kappa shape index (κ1) is 31.8. The van der Waals surface area contributed by atoms with Crippen molar-refractivity contribution in [1.82, 2.24) is 19.9 Å². The summed E-state index contributed by atoms with van der Waals surface area (Å²) in [6.07, 6.45) is 5.66. The van der Waals surface area contributed by atoms with E-state index in [1.165, 1.54) is 4.90 Å². The fourth-order valence-corrected chi connectivity index (χ4v) is 6.93. The van der Waals surface area contributed by atoms with Crippen LogP contribution in [0.5, 0.6) is 0 Å². The second-order valence-electron chi connectivity index (χ2n) is 12.5. The maximum absolute atomic E-state index is 14.2. The van der Waals surface area contributed by atoms with Gasteiger partial charge in [0.25, 0.3) is 0 Å². The number of fused-ring (bicyclic) bond motifs is 2. The lowest BCUT2D eigenvalue weighted by Crippen LogP contribution is -2.52. The van der Waals surface area contributed by atoms with E-state index < -0.39 is 11.9 Å². The lowest BCUT2D eigenvalue weighted by molar-refractivity contribution is -0.127. The normalized spacial score (nSPS) is 18.7. The zero-order valence-electron chi connectivity index (χ0n) is 25.2. The molecule has 2 saturated carbocycles. The summed E-state index contributed by atoms with van der Waals surface area (Å²) < 4.78 is 0. The average molecular weight is 663 g/mol. The Labute approximate surface area is 276 Å². The number of aromatic nitrogens is 4. The van der Waals surface area contributed by atoms with Crippen LogP contribution in [-0.2, 0) is 16.0 Å². The number of carbonyl (C=O) groups is 2. The first-order valence-electron chi connectivity index (χ1n) is 15.6. The van der Waals surface area contributed by atoms with Crippen LogP contribution in [0.2, 0.25) is 5.02 Å². The number of hydrogen-bond acceptors (Lipinski definition) is 5. The molecule has 3 aromatic carbocycles. The number of rotatable bonds is 9. The lowest BCUT2D eigenvalue weighted by Gasteiger charge is -2.35. The summed E-state index contributed by atoms with van der Waals surface area (Å²) in [5.74, 6) is 0.919. The molecule has 0 spiro atoms. The number of nitrogens with two attached hydrogens (primary N) is 2. The molecule has 10 nitrogen and oxygen atoms in total. The Morgan fingerprint density at radius 3 is 2.30 bits per heavy atom. The minimum absolute atomic E-state index is 0. The molecule has 2 fully saturated rings. The van der Waals surface area contributed by atoms with E-state index in [0.29, 0.717) is 53.0 Å². The summed E-state index contributed by atoms with van der Waals surface area (Å²) in [7, 11) is 0. The van der Waals surface area contributed by atoms with Gasteiger partial charge in [-0.2, -0.15) is 0 Å². The summed E-state index contributed by atoms with van der Waals surface area (Å²) in [5, 5.41) is 0.621. The topological polar surface area (TPSA) is 167 Å².